The lowest BCUT2D eigenvalue weighted by atomic mass is 9.81. The summed E-state index contributed by atoms with van der Waals surface area (Å²) in [6, 6.07) is 16.1. The fourth-order valence-electron chi connectivity index (χ4n) is 2.88. The predicted molar refractivity (Wildman–Crippen MR) is 91.6 cm³/mol. The molecule has 1 N–H and O–H groups in total. The molecule has 3 rings (SSSR count). The number of methoxy groups -OCH3 is 1. The number of aryl methyl sites for hydroxylation is 1. The van der Waals surface area contributed by atoms with Crippen molar-refractivity contribution >= 4 is 5.84 Å². The van der Waals surface area contributed by atoms with Crippen molar-refractivity contribution in [2.45, 2.75) is 32.4 Å². The lowest BCUT2D eigenvalue weighted by Crippen LogP contribution is -2.37. The summed E-state index contributed by atoms with van der Waals surface area (Å²) in [6.45, 7) is 6.43. The molecule has 2 aromatic rings. The number of hydroxylamine groups is 1. The molecule has 120 valence electrons. The van der Waals surface area contributed by atoms with E-state index < -0.39 is 0 Å². The average Bonchev–Trinajstić information content (AvgIpc) is 3.06. The lowest BCUT2D eigenvalue weighted by Gasteiger charge is -2.26. The van der Waals surface area contributed by atoms with Gasteiger partial charge in [0, 0.05) is 11.0 Å². The molecule has 1 atom stereocenters. The SMILES string of the molecule is COc1ccc(C2N=C(C(C)(C)c3ccccc3C)NO2)cc1. The van der Waals surface area contributed by atoms with Crippen molar-refractivity contribution in [3.8, 4) is 5.75 Å². The largest absolute Gasteiger partial charge is 0.497 e. The van der Waals surface area contributed by atoms with Gasteiger partial charge in [-0.2, -0.15) is 0 Å². The molecule has 1 aliphatic heterocycles. The number of hydrogen-bond acceptors (Lipinski definition) is 4. The number of ether oxygens (including phenoxy) is 1. The van der Waals surface area contributed by atoms with Gasteiger partial charge in [-0.1, -0.05) is 36.4 Å². The highest BCUT2D eigenvalue weighted by Crippen LogP contribution is 2.32. The Bertz CT molecular complexity index is 720. The zero-order chi connectivity index (χ0) is 16.4. The minimum absolute atomic E-state index is 0.243. The molecule has 2 aromatic carbocycles. The standard InChI is InChI=1S/C19H22N2O2/c1-13-7-5-6-8-16(13)19(2,3)18-20-17(23-21-18)14-9-11-15(22-4)12-10-14/h5-12,17H,1-4H3,(H,20,21). The molecule has 0 fully saturated rings. The molecule has 0 saturated carbocycles. The zero-order valence-corrected chi connectivity index (χ0v) is 14.0. The van der Waals surface area contributed by atoms with Gasteiger partial charge < -0.3 is 4.74 Å². The fraction of sp³-hybridized carbons (Fsp3) is 0.316. The summed E-state index contributed by atoms with van der Waals surface area (Å²) in [5, 5.41) is 0. The van der Waals surface area contributed by atoms with E-state index in [1.165, 1.54) is 11.1 Å². The van der Waals surface area contributed by atoms with Gasteiger partial charge in [0.1, 0.15) is 11.6 Å². The summed E-state index contributed by atoms with van der Waals surface area (Å²) in [4.78, 5) is 10.4. The Hall–Kier alpha value is -2.33. The molecule has 1 heterocycles. The summed E-state index contributed by atoms with van der Waals surface area (Å²) < 4.78 is 5.19. The normalized spacial score (nSPS) is 17.6. The van der Waals surface area contributed by atoms with Crippen LogP contribution in [0.3, 0.4) is 0 Å². The second-order valence-electron chi connectivity index (χ2n) is 6.26. The van der Waals surface area contributed by atoms with Crippen LogP contribution in [0.25, 0.3) is 0 Å². The van der Waals surface area contributed by atoms with E-state index in [9.17, 15) is 0 Å². The van der Waals surface area contributed by atoms with Crippen LogP contribution in [0.1, 0.15) is 36.8 Å². The van der Waals surface area contributed by atoms with Gasteiger partial charge in [-0.15, -0.1) is 0 Å². The molecule has 0 aromatic heterocycles. The number of nitrogens with one attached hydrogen (secondary N) is 1. The highest BCUT2D eigenvalue weighted by molar-refractivity contribution is 5.92. The van der Waals surface area contributed by atoms with Gasteiger partial charge >= 0.3 is 0 Å². The minimum atomic E-state index is -0.334. The summed E-state index contributed by atoms with van der Waals surface area (Å²) in [6.07, 6.45) is -0.334. The average molecular weight is 310 g/mol. The van der Waals surface area contributed by atoms with E-state index in [2.05, 4.69) is 50.5 Å². The van der Waals surface area contributed by atoms with E-state index in [0.717, 1.165) is 17.1 Å². The molecule has 1 unspecified atom stereocenters. The third kappa shape index (κ3) is 2.94. The van der Waals surface area contributed by atoms with Gasteiger partial charge in [0.25, 0.3) is 0 Å². The smallest absolute Gasteiger partial charge is 0.202 e. The lowest BCUT2D eigenvalue weighted by molar-refractivity contribution is 0.0361. The number of aliphatic imine (C=N–C) groups is 1. The second-order valence-corrected chi connectivity index (χ2v) is 6.26. The first-order valence-corrected chi connectivity index (χ1v) is 7.72. The van der Waals surface area contributed by atoms with Crippen LogP contribution in [0.4, 0.5) is 0 Å². The second kappa shape index (κ2) is 6.05. The van der Waals surface area contributed by atoms with Crippen molar-refractivity contribution in [1.82, 2.24) is 5.48 Å². The fourth-order valence-corrected chi connectivity index (χ4v) is 2.88. The van der Waals surface area contributed by atoms with Gasteiger partial charge in [-0.05, 0) is 44.0 Å². The molecule has 4 heteroatoms. The molecule has 0 saturated heterocycles. The summed E-state index contributed by atoms with van der Waals surface area (Å²) >= 11 is 0. The molecular weight excluding hydrogens is 288 g/mol. The van der Waals surface area contributed by atoms with Crippen LogP contribution in [0.2, 0.25) is 0 Å². The topological polar surface area (TPSA) is 42.8 Å². The van der Waals surface area contributed by atoms with Crippen molar-refractivity contribution in [1.29, 1.82) is 0 Å². The maximum absolute atomic E-state index is 5.68. The quantitative estimate of drug-likeness (QED) is 0.931. The van der Waals surface area contributed by atoms with Crippen LogP contribution in [-0.2, 0) is 10.3 Å². The van der Waals surface area contributed by atoms with Crippen LogP contribution in [-0.4, -0.2) is 12.9 Å². The molecule has 1 aliphatic rings. The first kappa shape index (κ1) is 15.6. The molecular formula is C19H22N2O2. The van der Waals surface area contributed by atoms with Crippen molar-refractivity contribution in [3.05, 3.63) is 65.2 Å². The Balaban J connectivity index is 1.87. The van der Waals surface area contributed by atoms with E-state index in [-0.39, 0.29) is 11.6 Å². The number of benzene rings is 2. The van der Waals surface area contributed by atoms with Gasteiger partial charge in [0.2, 0.25) is 6.23 Å². The first-order chi connectivity index (χ1) is 11.0. The monoisotopic (exact) mass is 310 g/mol. The summed E-state index contributed by atoms with van der Waals surface area (Å²) in [5.74, 6) is 1.66. The Kier molecular flexibility index (Phi) is 4.09. The van der Waals surface area contributed by atoms with E-state index in [1.54, 1.807) is 7.11 Å². The van der Waals surface area contributed by atoms with Crippen LogP contribution >= 0.6 is 0 Å². The van der Waals surface area contributed by atoms with Crippen LogP contribution in [0, 0.1) is 6.92 Å². The zero-order valence-electron chi connectivity index (χ0n) is 14.0. The van der Waals surface area contributed by atoms with E-state index in [4.69, 9.17) is 14.6 Å². The molecule has 0 spiro atoms. The third-order valence-electron chi connectivity index (χ3n) is 4.32. The third-order valence-corrected chi connectivity index (χ3v) is 4.32. The van der Waals surface area contributed by atoms with Gasteiger partial charge in [0.05, 0.1) is 7.11 Å². The molecule has 0 radical (unpaired) electrons. The van der Waals surface area contributed by atoms with Crippen molar-refractivity contribution in [2.24, 2.45) is 4.99 Å². The maximum atomic E-state index is 5.68. The van der Waals surface area contributed by atoms with Crippen LogP contribution in [0.5, 0.6) is 5.75 Å². The predicted octanol–water partition coefficient (Wildman–Crippen LogP) is 3.91. The highest BCUT2D eigenvalue weighted by atomic mass is 16.7. The van der Waals surface area contributed by atoms with Gasteiger partial charge in [0.15, 0.2) is 0 Å². The Morgan fingerprint density at radius 2 is 1.78 bits per heavy atom. The summed E-state index contributed by atoms with van der Waals surface area (Å²) in [7, 11) is 1.66. The Morgan fingerprint density at radius 1 is 1.09 bits per heavy atom. The molecule has 0 aliphatic carbocycles. The summed E-state index contributed by atoms with van der Waals surface area (Å²) in [5.41, 5.74) is 6.26. The number of amidine groups is 1. The van der Waals surface area contributed by atoms with Gasteiger partial charge in [-0.3, -0.25) is 0 Å². The van der Waals surface area contributed by atoms with E-state index in [1.807, 2.05) is 24.3 Å². The van der Waals surface area contributed by atoms with E-state index >= 15 is 0 Å². The van der Waals surface area contributed by atoms with E-state index in [0.29, 0.717) is 0 Å². The number of hydrogen-bond donors (Lipinski definition) is 1. The first-order valence-electron chi connectivity index (χ1n) is 7.72. The maximum Gasteiger partial charge on any atom is 0.202 e. The van der Waals surface area contributed by atoms with Crippen LogP contribution in [0.15, 0.2) is 53.5 Å². The molecule has 4 nitrogen and oxygen atoms in total. The van der Waals surface area contributed by atoms with Crippen molar-refractivity contribution in [3.63, 3.8) is 0 Å². The van der Waals surface area contributed by atoms with Crippen molar-refractivity contribution in [2.75, 3.05) is 7.11 Å². The molecule has 0 bridgehead atoms. The Morgan fingerprint density at radius 3 is 2.43 bits per heavy atom. The van der Waals surface area contributed by atoms with Crippen molar-refractivity contribution < 1.29 is 9.57 Å². The number of rotatable bonds is 4. The number of nitrogens with zero attached hydrogens (tertiary/aromatic N) is 1. The Labute approximate surface area is 137 Å². The van der Waals surface area contributed by atoms with Crippen LogP contribution < -0.4 is 10.2 Å². The minimum Gasteiger partial charge on any atom is -0.497 e. The van der Waals surface area contributed by atoms with Gasteiger partial charge in [-0.25, -0.2) is 15.3 Å². The molecule has 0 amide bonds. The highest BCUT2D eigenvalue weighted by Gasteiger charge is 2.34. The molecule has 23 heavy (non-hydrogen) atoms.